The van der Waals surface area contributed by atoms with Crippen LogP contribution in [-0.4, -0.2) is 36.7 Å². The molecular weight excluding hydrogens is 216 g/mol. The molecule has 4 heteroatoms. The number of ether oxygens (including phenoxy) is 1. The van der Waals surface area contributed by atoms with E-state index in [4.69, 9.17) is 10.5 Å². The lowest BCUT2D eigenvalue weighted by Crippen LogP contribution is -2.46. The second-order valence-corrected chi connectivity index (χ2v) is 5.43. The van der Waals surface area contributed by atoms with Crippen molar-refractivity contribution in [2.75, 3.05) is 19.7 Å². The zero-order chi connectivity index (χ0) is 12.1. The molecule has 2 aliphatic rings. The van der Waals surface area contributed by atoms with E-state index in [-0.39, 0.29) is 12.1 Å². The van der Waals surface area contributed by atoms with Crippen LogP contribution in [0.15, 0.2) is 0 Å². The summed E-state index contributed by atoms with van der Waals surface area (Å²) in [5.41, 5.74) is 5.85. The Morgan fingerprint density at radius 2 is 1.94 bits per heavy atom. The smallest absolute Gasteiger partial charge is 0.409 e. The summed E-state index contributed by atoms with van der Waals surface area (Å²) in [6.07, 6.45) is 8.20. The molecule has 0 bridgehead atoms. The summed E-state index contributed by atoms with van der Waals surface area (Å²) in [7, 11) is 0. The zero-order valence-corrected chi connectivity index (χ0v) is 10.6. The first-order valence-electron chi connectivity index (χ1n) is 6.93. The lowest BCUT2D eigenvalue weighted by atomic mass is 9.90. The van der Waals surface area contributed by atoms with Gasteiger partial charge in [-0.15, -0.1) is 0 Å². The number of rotatable bonds is 2. The van der Waals surface area contributed by atoms with Crippen LogP contribution in [0.1, 0.15) is 44.9 Å². The Bertz CT molecular complexity index is 252. The van der Waals surface area contributed by atoms with Crippen molar-refractivity contribution >= 4 is 6.09 Å². The molecule has 1 amide bonds. The van der Waals surface area contributed by atoms with Gasteiger partial charge in [-0.1, -0.05) is 19.3 Å². The quantitative estimate of drug-likeness (QED) is 0.804. The van der Waals surface area contributed by atoms with E-state index in [2.05, 4.69) is 0 Å². The molecule has 2 fully saturated rings. The molecule has 17 heavy (non-hydrogen) atoms. The Kier molecular flexibility index (Phi) is 4.66. The molecule has 1 heterocycles. The van der Waals surface area contributed by atoms with Crippen molar-refractivity contribution in [3.8, 4) is 0 Å². The molecule has 1 saturated carbocycles. The Morgan fingerprint density at radius 3 is 2.65 bits per heavy atom. The Morgan fingerprint density at radius 1 is 1.18 bits per heavy atom. The van der Waals surface area contributed by atoms with Crippen LogP contribution in [0.4, 0.5) is 4.79 Å². The van der Waals surface area contributed by atoms with Crippen LogP contribution in [0.3, 0.4) is 0 Å². The molecule has 2 rings (SSSR count). The van der Waals surface area contributed by atoms with Crippen molar-refractivity contribution in [2.45, 2.75) is 51.0 Å². The predicted octanol–water partition coefficient (Wildman–Crippen LogP) is 2.13. The third-order valence-corrected chi connectivity index (χ3v) is 3.88. The van der Waals surface area contributed by atoms with Gasteiger partial charge in [0.05, 0.1) is 6.61 Å². The molecule has 4 nitrogen and oxygen atoms in total. The van der Waals surface area contributed by atoms with E-state index in [1.54, 1.807) is 4.90 Å². The topological polar surface area (TPSA) is 55.6 Å². The second-order valence-electron chi connectivity index (χ2n) is 5.43. The minimum Gasteiger partial charge on any atom is -0.449 e. The number of carbonyl (C=O) groups is 1. The van der Waals surface area contributed by atoms with Gasteiger partial charge in [0.1, 0.15) is 0 Å². The summed E-state index contributed by atoms with van der Waals surface area (Å²) < 4.78 is 5.40. The van der Waals surface area contributed by atoms with Crippen LogP contribution in [-0.2, 0) is 4.74 Å². The van der Waals surface area contributed by atoms with Crippen molar-refractivity contribution in [1.29, 1.82) is 0 Å². The van der Waals surface area contributed by atoms with Crippen LogP contribution in [0.5, 0.6) is 0 Å². The van der Waals surface area contributed by atoms with Gasteiger partial charge in [-0.25, -0.2) is 4.79 Å². The zero-order valence-electron chi connectivity index (χ0n) is 10.6. The minimum absolute atomic E-state index is 0.131. The van der Waals surface area contributed by atoms with Gasteiger partial charge in [0.2, 0.25) is 0 Å². The van der Waals surface area contributed by atoms with Gasteiger partial charge in [0, 0.05) is 19.1 Å². The molecule has 0 radical (unpaired) electrons. The third kappa shape index (κ3) is 3.87. The number of hydrogen-bond acceptors (Lipinski definition) is 3. The molecule has 0 aromatic heterocycles. The molecule has 1 atom stereocenters. The van der Waals surface area contributed by atoms with Crippen molar-refractivity contribution in [2.24, 2.45) is 11.7 Å². The molecule has 2 N–H and O–H groups in total. The number of carbonyl (C=O) groups excluding carboxylic acids is 1. The molecule has 0 aromatic rings. The standard InChI is InChI=1S/C13H24N2O2/c14-12-7-4-8-15(9-12)13(16)17-10-11-5-2-1-3-6-11/h11-12H,1-10,14H2. The maximum Gasteiger partial charge on any atom is 0.409 e. The fourth-order valence-electron chi connectivity index (χ4n) is 2.81. The molecular formula is C13H24N2O2. The Labute approximate surface area is 103 Å². The predicted molar refractivity (Wildman–Crippen MR) is 66.7 cm³/mol. The molecule has 98 valence electrons. The lowest BCUT2D eigenvalue weighted by Gasteiger charge is -2.30. The summed E-state index contributed by atoms with van der Waals surface area (Å²) >= 11 is 0. The van der Waals surface area contributed by atoms with Crippen molar-refractivity contribution < 1.29 is 9.53 Å². The Balaban J connectivity index is 1.69. The second kappa shape index (κ2) is 6.24. The minimum atomic E-state index is -0.161. The van der Waals surface area contributed by atoms with Gasteiger partial charge in [-0.2, -0.15) is 0 Å². The number of nitrogens with two attached hydrogens (primary N) is 1. The number of nitrogens with zero attached hydrogens (tertiary/aromatic N) is 1. The maximum absolute atomic E-state index is 11.8. The monoisotopic (exact) mass is 240 g/mol. The highest BCUT2D eigenvalue weighted by molar-refractivity contribution is 5.67. The highest BCUT2D eigenvalue weighted by Gasteiger charge is 2.23. The van der Waals surface area contributed by atoms with Gasteiger partial charge in [0.15, 0.2) is 0 Å². The van der Waals surface area contributed by atoms with Gasteiger partial charge >= 0.3 is 6.09 Å². The SMILES string of the molecule is NC1CCCN(C(=O)OCC2CCCCC2)C1. The number of hydrogen-bond donors (Lipinski definition) is 1. The van der Waals surface area contributed by atoms with Gasteiger partial charge in [-0.3, -0.25) is 0 Å². The van der Waals surface area contributed by atoms with Gasteiger partial charge < -0.3 is 15.4 Å². The first-order valence-corrected chi connectivity index (χ1v) is 6.93. The van der Waals surface area contributed by atoms with Crippen LogP contribution in [0, 0.1) is 5.92 Å². The van der Waals surface area contributed by atoms with E-state index in [9.17, 15) is 4.79 Å². The Hall–Kier alpha value is -0.770. The van der Waals surface area contributed by atoms with Gasteiger partial charge in [-0.05, 0) is 31.6 Å². The van der Waals surface area contributed by atoms with E-state index in [1.807, 2.05) is 0 Å². The fraction of sp³-hybridized carbons (Fsp3) is 0.923. The highest BCUT2D eigenvalue weighted by Crippen LogP contribution is 2.24. The summed E-state index contributed by atoms with van der Waals surface area (Å²) in [6, 6.07) is 0.131. The summed E-state index contributed by atoms with van der Waals surface area (Å²) in [4.78, 5) is 13.6. The normalized spacial score (nSPS) is 26.9. The number of piperidine rings is 1. The van der Waals surface area contributed by atoms with Crippen LogP contribution in [0.2, 0.25) is 0 Å². The van der Waals surface area contributed by atoms with Gasteiger partial charge in [0.25, 0.3) is 0 Å². The van der Waals surface area contributed by atoms with Crippen molar-refractivity contribution in [3.63, 3.8) is 0 Å². The molecule has 0 spiro atoms. The summed E-state index contributed by atoms with van der Waals surface area (Å²) in [6.45, 7) is 2.06. The van der Waals surface area contributed by atoms with Crippen LogP contribution >= 0.6 is 0 Å². The molecule has 1 aliphatic carbocycles. The first-order chi connectivity index (χ1) is 8.25. The average Bonchev–Trinajstić information content (AvgIpc) is 2.37. The van der Waals surface area contributed by atoms with E-state index in [0.717, 1.165) is 19.4 Å². The van der Waals surface area contributed by atoms with E-state index >= 15 is 0 Å². The van der Waals surface area contributed by atoms with Crippen LogP contribution < -0.4 is 5.73 Å². The highest BCUT2D eigenvalue weighted by atomic mass is 16.6. The summed E-state index contributed by atoms with van der Waals surface area (Å²) in [5, 5.41) is 0. The van der Waals surface area contributed by atoms with E-state index < -0.39 is 0 Å². The first kappa shape index (κ1) is 12.7. The van der Waals surface area contributed by atoms with Crippen molar-refractivity contribution in [1.82, 2.24) is 4.90 Å². The lowest BCUT2D eigenvalue weighted by molar-refractivity contribution is 0.0723. The average molecular weight is 240 g/mol. The maximum atomic E-state index is 11.8. The fourth-order valence-corrected chi connectivity index (χ4v) is 2.81. The van der Waals surface area contributed by atoms with Crippen molar-refractivity contribution in [3.05, 3.63) is 0 Å². The van der Waals surface area contributed by atoms with E-state index in [1.165, 1.54) is 32.1 Å². The number of amides is 1. The third-order valence-electron chi connectivity index (χ3n) is 3.88. The number of likely N-dealkylation sites (tertiary alicyclic amines) is 1. The molecule has 1 saturated heterocycles. The largest absolute Gasteiger partial charge is 0.449 e. The molecule has 1 unspecified atom stereocenters. The molecule has 1 aliphatic heterocycles. The van der Waals surface area contributed by atoms with E-state index in [0.29, 0.717) is 19.1 Å². The summed E-state index contributed by atoms with van der Waals surface area (Å²) in [5.74, 6) is 0.589. The molecule has 0 aromatic carbocycles. The van der Waals surface area contributed by atoms with Crippen LogP contribution in [0.25, 0.3) is 0 Å².